The smallest absolute Gasteiger partial charge is 0.230 e. The van der Waals surface area contributed by atoms with E-state index in [-0.39, 0.29) is 5.91 Å². The third kappa shape index (κ3) is 3.45. The highest BCUT2D eigenvalue weighted by atomic mass is 32.2. The fraction of sp³-hybridized carbons (Fsp3) is 0.769. The van der Waals surface area contributed by atoms with Gasteiger partial charge in [0.15, 0.2) is 0 Å². The predicted octanol–water partition coefficient (Wildman–Crippen LogP) is 1.33. The van der Waals surface area contributed by atoms with Crippen LogP contribution < -0.4 is 11.2 Å². The monoisotopic (exact) mass is 297 g/mol. The minimum absolute atomic E-state index is 0.0432. The van der Waals surface area contributed by atoms with E-state index in [1.165, 1.54) is 29.3 Å². The number of carbonyl (C=O) groups excluding carboxylic acids is 1. The maximum atomic E-state index is 12.0. The lowest BCUT2D eigenvalue weighted by molar-refractivity contribution is -0.120. The van der Waals surface area contributed by atoms with Crippen molar-refractivity contribution in [1.29, 1.82) is 0 Å². The summed E-state index contributed by atoms with van der Waals surface area (Å²) in [6, 6.07) is 0.296. The van der Waals surface area contributed by atoms with Crippen molar-refractivity contribution < 1.29 is 4.79 Å². The number of aromatic nitrogens is 3. The Kier molecular flexibility index (Phi) is 4.91. The van der Waals surface area contributed by atoms with Gasteiger partial charge in [0, 0.05) is 6.04 Å². The highest BCUT2D eigenvalue weighted by Crippen LogP contribution is 2.29. The van der Waals surface area contributed by atoms with Crippen molar-refractivity contribution in [1.82, 2.24) is 20.2 Å². The Balaban J connectivity index is 1.82. The average Bonchev–Trinajstić information content (AvgIpc) is 2.73. The molecular formula is C13H23N5OS. The Morgan fingerprint density at radius 1 is 1.45 bits per heavy atom. The predicted molar refractivity (Wildman–Crippen MR) is 79.7 cm³/mol. The van der Waals surface area contributed by atoms with E-state index in [0.29, 0.717) is 34.6 Å². The van der Waals surface area contributed by atoms with Crippen LogP contribution in [-0.2, 0) is 4.79 Å². The van der Waals surface area contributed by atoms with Gasteiger partial charge < -0.3 is 11.2 Å². The van der Waals surface area contributed by atoms with Crippen molar-refractivity contribution in [2.45, 2.75) is 51.2 Å². The first kappa shape index (κ1) is 15.2. The van der Waals surface area contributed by atoms with E-state index in [2.05, 4.69) is 29.4 Å². The lowest BCUT2D eigenvalue weighted by Crippen LogP contribution is -2.44. The number of carbonyl (C=O) groups is 1. The van der Waals surface area contributed by atoms with Crippen LogP contribution in [0, 0.1) is 18.8 Å². The third-order valence-electron chi connectivity index (χ3n) is 4.22. The van der Waals surface area contributed by atoms with Gasteiger partial charge in [0.1, 0.15) is 5.82 Å². The zero-order valence-corrected chi connectivity index (χ0v) is 13.1. The van der Waals surface area contributed by atoms with E-state index in [0.717, 1.165) is 6.42 Å². The summed E-state index contributed by atoms with van der Waals surface area (Å²) in [5, 5.41) is 11.5. The summed E-state index contributed by atoms with van der Waals surface area (Å²) in [6.45, 7) is 6.27. The molecule has 1 saturated carbocycles. The minimum atomic E-state index is 0.0432. The van der Waals surface area contributed by atoms with Crippen molar-refractivity contribution in [3.05, 3.63) is 5.82 Å². The summed E-state index contributed by atoms with van der Waals surface area (Å²) in [7, 11) is 0. The molecule has 1 amide bonds. The molecule has 112 valence electrons. The molecular weight excluding hydrogens is 274 g/mol. The van der Waals surface area contributed by atoms with E-state index in [1.54, 1.807) is 6.92 Å². The number of hydrogen-bond acceptors (Lipinski definition) is 5. The second-order valence-corrected chi connectivity index (χ2v) is 6.57. The molecule has 0 radical (unpaired) electrons. The number of nitrogen functional groups attached to an aromatic ring is 1. The summed E-state index contributed by atoms with van der Waals surface area (Å²) in [5.74, 6) is 7.98. The highest BCUT2D eigenvalue weighted by Gasteiger charge is 2.28. The van der Waals surface area contributed by atoms with E-state index in [4.69, 9.17) is 5.84 Å². The average molecular weight is 297 g/mol. The minimum Gasteiger partial charge on any atom is -0.352 e. The lowest BCUT2D eigenvalue weighted by Gasteiger charge is -2.34. The summed E-state index contributed by atoms with van der Waals surface area (Å²) < 4.78 is 1.41. The quantitative estimate of drug-likeness (QED) is 0.647. The second-order valence-electron chi connectivity index (χ2n) is 5.63. The fourth-order valence-electron chi connectivity index (χ4n) is 2.61. The number of thioether (sulfide) groups is 1. The van der Waals surface area contributed by atoms with E-state index in [9.17, 15) is 4.79 Å². The molecule has 0 spiro atoms. The standard InChI is InChI=1S/C13H23N5OS/c1-8-5-4-6-11(9(8)2)15-12(19)7-20-13-17-16-10(3)18(13)14/h8-9,11H,4-7,14H2,1-3H3,(H,15,19)/t8-,9-,11-/m1/s1. The van der Waals surface area contributed by atoms with Crippen LogP contribution in [0.15, 0.2) is 5.16 Å². The summed E-state index contributed by atoms with van der Waals surface area (Å²) >= 11 is 1.32. The molecule has 0 bridgehead atoms. The SMILES string of the molecule is Cc1nnc(SCC(=O)N[C@@H]2CCC[C@@H](C)[C@H]2C)n1N. The van der Waals surface area contributed by atoms with Gasteiger partial charge in [-0.3, -0.25) is 4.79 Å². The molecule has 1 aliphatic rings. The number of aryl methyl sites for hydroxylation is 1. The largest absolute Gasteiger partial charge is 0.352 e. The topological polar surface area (TPSA) is 85.8 Å². The van der Waals surface area contributed by atoms with Crippen LogP contribution in [0.1, 0.15) is 38.9 Å². The maximum absolute atomic E-state index is 12.0. The summed E-state index contributed by atoms with van der Waals surface area (Å²) in [4.78, 5) is 12.0. The van der Waals surface area contributed by atoms with Crippen LogP contribution >= 0.6 is 11.8 Å². The highest BCUT2D eigenvalue weighted by molar-refractivity contribution is 7.99. The van der Waals surface area contributed by atoms with E-state index in [1.807, 2.05) is 0 Å². The molecule has 3 N–H and O–H groups in total. The van der Waals surface area contributed by atoms with Crippen molar-refractivity contribution in [3.63, 3.8) is 0 Å². The normalized spacial score (nSPS) is 26.4. The molecule has 0 unspecified atom stereocenters. The number of nitrogens with zero attached hydrogens (tertiary/aromatic N) is 3. The number of nitrogens with one attached hydrogen (secondary N) is 1. The Labute approximate surface area is 123 Å². The van der Waals surface area contributed by atoms with Crippen LogP contribution in [0.3, 0.4) is 0 Å². The molecule has 1 fully saturated rings. The van der Waals surface area contributed by atoms with Crippen LogP contribution in [0.4, 0.5) is 0 Å². The van der Waals surface area contributed by atoms with Crippen LogP contribution in [0.2, 0.25) is 0 Å². The summed E-state index contributed by atoms with van der Waals surface area (Å²) in [5.41, 5.74) is 0. The Hall–Kier alpha value is -1.24. The number of hydrogen-bond donors (Lipinski definition) is 2. The summed E-state index contributed by atoms with van der Waals surface area (Å²) in [6.07, 6.45) is 3.53. The molecule has 1 aliphatic carbocycles. The molecule has 1 heterocycles. The van der Waals surface area contributed by atoms with Gasteiger partial charge in [-0.2, -0.15) is 0 Å². The van der Waals surface area contributed by atoms with Crippen molar-refractivity contribution in [3.8, 4) is 0 Å². The van der Waals surface area contributed by atoms with Gasteiger partial charge in [-0.1, -0.05) is 38.5 Å². The first-order chi connectivity index (χ1) is 9.49. The van der Waals surface area contributed by atoms with Crippen molar-refractivity contribution in [2.24, 2.45) is 11.8 Å². The zero-order chi connectivity index (χ0) is 14.7. The van der Waals surface area contributed by atoms with Gasteiger partial charge in [-0.25, -0.2) is 4.68 Å². The second kappa shape index (κ2) is 6.47. The van der Waals surface area contributed by atoms with Crippen molar-refractivity contribution in [2.75, 3.05) is 11.6 Å². The van der Waals surface area contributed by atoms with Crippen LogP contribution in [0.5, 0.6) is 0 Å². The third-order valence-corrected chi connectivity index (χ3v) is 5.16. The number of rotatable bonds is 4. The Morgan fingerprint density at radius 2 is 2.20 bits per heavy atom. The van der Waals surface area contributed by atoms with Gasteiger partial charge in [-0.15, -0.1) is 10.2 Å². The number of nitrogens with two attached hydrogens (primary N) is 1. The van der Waals surface area contributed by atoms with Gasteiger partial charge in [0.05, 0.1) is 5.75 Å². The molecule has 3 atom stereocenters. The molecule has 2 rings (SSSR count). The molecule has 0 aromatic carbocycles. The van der Waals surface area contributed by atoms with Crippen LogP contribution in [-0.4, -0.2) is 32.6 Å². The molecule has 0 saturated heterocycles. The molecule has 1 aromatic heterocycles. The van der Waals surface area contributed by atoms with Gasteiger partial charge in [0.25, 0.3) is 0 Å². The van der Waals surface area contributed by atoms with E-state index >= 15 is 0 Å². The molecule has 0 aliphatic heterocycles. The van der Waals surface area contributed by atoms with E-state index < -0.39 is 0 Å². The van der Waals surface area contributed by atoms with Crippen molar-refractivity contribution >= 4 is 17.7 Å². The lowest BCUT2D eigenvalue weighted by atomic mass is 9.78. The molecule has 20 heavy (non-hydrogen) atoms. The fourth-order valence-corrected chi connectivity index (χ4v) is 3.33. The van der Waals surface area contributed by atoms with Crippen LogP contribution in [0.25, 0.3) is 0 Å². The first-order valence-electron chi connectivity index (χ1n) is 7.08. The van der Waals surface area contributed by atoms with Gasteiger partial charge in [0.2, 0.25) is 11.1 Å². The molecule has 7 heteroatoms. The zero-order valence-electron chi connectivity index (χ0n) is 12.3. The molecule has 6 nitrogen and oxygen atoms in total. The first-order valence-corrected chi connectivity index (χ1v) is 8.07. The van der Waals surface area contributed by atoms with Gasteiger partial charge in [-0.05, 0) is 25.2 Å². The number of amides is 1. The Bertz CT molecular complexity index is 475. The Morgan fingerprint density at radius 3 is 2.85 bits per heavy atom. The molecule has 1 aromatic rings. The maximum Gasteiger partial charge on any atom is 0.230 e. The van der Waals surface area contributed by atoms with Gasteiger partial charge >= 0.3 is 0 Å².